The van der Waals surface area contributed by atoms with Crippen LogP contribution in [0.1, 0.15) is 17.6 Å². The summed E-state index contributed by atoms with van der Waals surface area (Å²) in [5.41, 5.74) is -1.92. The average molecular weight is 268 g/mol. The van der Waals surface area contributed by atoms with Gasteiger partial charge < -0.3 is 9.47 Å². The maximum atomic E-state index is 12.6. The fourth-order valence-corrected chi connectivity index (χ4v) is 1.10. The number of hydrogen-bond acceptors (Lipinski definition) is 4. The van der Waals surface area contributed by atoms with Crippen LogP contribution in [0.4, 0.5) is 22.0 Å². The second-order valence-electron chi connectivity index (χ2n) is 2.89. The molecule has 0 saturated heterocycles. The van der Waals surface area contributed by atoms with Crippen molar-refractivity contribution in [2.24, 2.45) is 0 Å². The molecule has 1 heterocycles. The van der Waals surface area contributed by atoms with Crippen LogP contribution in [0.25, 0.3) is 0 Å². The van der Waals surface area contributed by atoms with E-state index in [-0.39, 0.29) is 0 Å². The Hall–Kier alpha value is -2.11. The molecule has 0 aromatic carbocycles. The zero-order valence-corrected chi connectivity index (χ0v) is 8.76. The number of nitrogens with zero attached hydrogens (tertiary/aromatic N) is 2. The number of halogens is 5. The van der Waals surface area contributed by atoms with E-state index in [4.69, 9.17) is 5.26 Å². The quantitative estimate of drug-likeness (QED) is 0.791. The van der Waals surface area contributed by atoms with Crippen LogP contribution in [0.5, 0.6) is 11.8 Å². The SMILES string of the molecule is COc1cc(C#N)c(C(F)F)c(OC(F)(F)F)n1. The summed E-state index contributed by atoms with van der Waals surface area (Å²) >= 11 is 0. The van der Waals surface area contributed by atoms with Crippen LogP contribution in [-0.2, 0) is 0 Å². The number of rotatable bonds is 3. The number of methoxy groups -OCH3 is 1. The molecule has 4 nitrogen and oxygen atoms in total. The van der Waals surface area contributed by atoms with Crippen LogP contribution >= 0.6 is 0 Å². The third-order valence-corrected chi connectivity index (χ3v) is 1.76. The largest absolute Gasteiger partial charge is 0.574 e. The zero-order chi connectivity index (χ0) is 13.9. The van der Waals surface area contributed by atoms with Crippen molar-refractivity contribution < 1.29 is 31.4 Å². The van der Waals surface area contributed by atoms with Crippen LogP contribution in [-0.4, -0.2) is 18.5 Å². The van der Waals surface area contributed by atoms with Gasteiger partial charge in [-0.1, -0.05) is 0 Å². The smallest absolute Gasteiger partial charge is 0.481 e. The normalized spacial score (nSPS) is 11.2. The molecule has 1 aromatic rings. The lowest BCUT2D eigenvalue weighted by molar-refractivity contribution is -0.276. The van der Waals surface area contributed by atoms with E-state index in [2.05, 4.69) is 14.5 Å². The van der Waals surface area contributed by atoms with Crippen LogP contribution in [0.2, 0.25) is 0 Å². The van der Waals surface area contributed by atoms with Gasteiger partial charge in [0.2, 0.25) is 11.8 Å². The maximum Gasteiger partial charge on any atom is 0.574 e. The van der Waals surface area contributed by atoms with Crippen molar-refractivity contribution in [3.05, 3.63) is 17.2 Å². The fraction of sp³-hybridized carbons (Fsp3) is 0.333. The van der Waals surface area contributed by atoms with E-state index >= 15 is 0 Å². The maximum absolute atomic E-state index is 12.6. The predicted molar refractivity (Wildman–Crippen MR) is 47.1 cm³/mol. The molecule has 0 spiro atoms. The summed E-state index contributed by atoms with van der Waals surface area (Å²) in [7, 11) is 1.06. The molecular weight excluding hydrogens is 263 g/mol. The number of ether oxygens (including phenoxy) is 2. The Balaban J connectivity index is 3.41. The molecule has 0 aliphatic carbocycles. The molecule has 0 radical (unpaired) electrons. The minimum Gasteiger partial charge on any atom is -0.481 e. The van der Waals surface area contributed by atoms with Crippen molar-refractivity contribution in [3.63, 3.8) is 0 Å². The Morgan fingerprint density at radius 1 is 1.39 bits per heavy atom. The highest BCUT2D eigenvalue weighted by Gasteiger charge is 2.35. The van der Waals surface area contributed by atoms with E-state index in [0.29, 0.717) is 0 Å². The summed E-state index contributed by atoms with van der Waals surface area (Å²) in [5, 5.41) is 8.61. The van der Waals surface area contributed by atoms with Crippen LogP contribution < -0.4 is 9.47 Å². The highest BCUT2D eigenvalue weighted by atomic mass is 19.4. The molecule has 0 aliphatic heterocycles. The van der Waals surface area contributed by atoms with E-state index in [1.807, 2.05) is 0 Å². The van der Waals surface area contributed by atoms with Gasteiger partial charge in [-0.15, -0.1) is 13.2 Å². The van der Waals surface area contributed by atoms with Gasteiger partial charge in [-0.2, -0.15) is 10.2 Å². The molecule has 0 atom stereocenters. The lowest BCUT2D eigenvalue weighted by atomic mass is 10.1. The highest BCUT2D eigenvalue weighted by molar-refractivity contribution is 5.46. The Labute approximate surface area is 97.6 Å². The van der Waals surface area contributed by atoms with Crippen molar-refractivity contribution in [1.29, 1.82) is 5.26 Å². The minimum absolute atomic E-state index is 0.435. The number of alkyl halides is 5. The summed E-state index contributed by atoms with van der Waals surface area (Å²) in [6.07, 6.45) is -8.54. The highest BCUT2D eigenvalue weighted by Crippen LogP contribution is 2.35. The molecule has 1 rings (SSSR count). The predicted octanol–water partition coefficient (Wildman–Crippen LogP) is 2.80. The van der Waals surface area contributed by atoms with Crippen LogP contribution in [0.15, 0.2) is 6.07 Å². The topological polar surface area (TPSA) is 55.1 Å². The number of nitriles is 1. The van der Waals surface area contributed by atoms with E-state index in [0.717, 1.165) is 13.2 Å². The van der Waals surface area contributed by atoms with Gasteiger partial charge in [0, 0.05) is 6.07 Å². The standard InChI is InChI=1S/C9H5F5N2O2/c1-17-5-2-4(3-15)6(7(10)11)8(16-5)18-9(12,13)14/h2,7H,1H3. The van der Waals surface area contributed by atoms with Gasteiger partial charge >= 0.3 is 6.36 Å². The third kappa shape index (κ3) is 3.19. The van der Waals surface area contributed by atoms with E-state index in [1.54, 1.807) is 0 Å². The molecular formula is C9H5F5N2O2. The molecule has 0 amide bonds. The summed E-state index contributed by atoms with van der Waals surface area (Å²) in [4.78, 5) is 3.11. The Bertz CT molecular complexity index is 481. The third-order valence-electron chi connectivity index (χ3n) is 1.76. The van der Waals surface area contributed by atoms with Gasteiger partial charge in [0.15, 0.2) is 0 Å². The molecule has 0 saturated carbocycles. The lowest BCUT2D eigenvalue weighted by Gasteiger charge is -2.13. The molecule has 0 N–H and O–H groups in total. The Morgan fingerprint density at radius 2 is 2.00 bits per heavy atom. The first kappa shape index (κ1) is 14.0. The number of aromatic nitrogens is 1. The van der Waals surface area contributed by atoms with Crippen molar-refractivity contribution in [2.75, 3.05) is 7.11 Å². The van der Waals surface area contributed by atoms with Gasteiger partial charge in [-0.3, -0.25) is 0 Å². The molecule has 9 heteroatoms. The minimum atomic E-state index is -5.20. The lowest BCUT2D eigenvalue weighted by Crippen LogP contribution is -2.19. The van der Waals surface area contributed by atoms with Gasteiger partial charge in [0.25, 0.3) is 6.43 Å². The Kier molecular flexibility index (Phi) is 3.90. The van der Waals surface area contributed by atoms with Gasteiger partial charge in [-0.25, -0.2) is 8.78 Å². The van der Waals surface area contributed by atoms with Gasteiger partial charge in [0.1, 0.15) is 6.07 Å². The molecule has 0 bridgehead atoms. The van der Waals surface area contributed by atoms with Gasteiger partial charge in [0.05, 0.1) is 18.2 Å². The average Bonchev–Trinajstić information content (AvgIpc) is 2.25. The summed E-state index contributed by atoms with van der Waals surface area (Å²) in [6.45, 7) is 0. The van der Waals surface area contributed by atoms with E-state index in [9.17, 15) is 22.0 Å². The number of pyridine rings is 1. The van der Waals surface area contributed by atoms with Crippen molar-refractivity contribution in [1.82, 2.24) is 4.98 Å². The van der Waals surface area contributed by atoms with E-state index in [1.165, 1.54) is 6.07 Å². The van der Waals surface area contributed by atoms with Crippen molar-refractivity contribution >= 4 is 0 Å². The fourth-order valence-electron chi connectivity index (χ4n) is 1.10. The second kappa shape index (κ2) is 5.03. The molecule has 98 valence electrons. The summed E-state index contributed by atoms with van der Waals surface area (Å²) < 4.78 is 69.1. The molecule has 18 heavy (non-hydrogen) atoms. The van der Waals surface area contributed by atoms with Crippen LogP contribution in [0.3, 0.4) is 0 Å². The van der Waals surface area contributed by atoms with Crippen LogP contribution in [0, 0.1) is 11.3 Å². The second-order valence-corrected chi connectivity index (χ2v) is 2.89. The summed E-state index contributed by atoms with van der Waals surface area (Å²) in [5.74, 6) is -1.83. The monoisotopic (exact) mass is 268 g/mol. The first-order valence-corrected chi connectivity index (χ1v) is 4.31. The molecule has 0 fully saturated rings. The molecule has 0 aliphatic rings. The first-order valence-electron chi connectivity index (χ1n) is 4.31. The van der Waals surface area contributed by atoms with Crippen molar-refractivity contribution in [2.45, 2.75) is 12.8 Å². The van der Waals surface area contributed by atoms with E-state index < -0.39 is 35.7 Å². The first-order chi connectivity index (χ1) is 8.28. The molecule has 1 aromatic heterocycles. The zero-order valence-electron chi connectivity index (χ0n) is 8.76. The Morgan fingerprint density at radius 3 is 2.39 bits per heavy atom. The number of hydrogen-bond donors (Lipinski definition) is 0. The van der Waals surface area contributed by atoms with Gasteiger partial charge in [-0.05, 0) is 0 Å². The summed E-state index contributed by atoms with van der Waals surface area (Å²) in [6, 6.07) is 2.13. The molecule has 0 unspecified atom stereocenters. The van der Waals surface area contributed by atoms with Crippen molar-refractivity contribution in [3.8, 4) is 17.8 Å².